The lowest BCUT2D eigenvalue weighted by molar-refractivity contribution is -0.162. The first-order valence-corrected chi connectivity index (χ1v) is 49.5. The summed E-state index contributed by atoms with van der Waals surface area (Å²) in [4.78, 5) is 194. The predicted octanol–water partition coefficient (Wildman–Crippen LogP) is 7.03. The van der Waals surface area contributed by atoms with Gasteiger partial charge in [0.25, 0.3) is 0 Å². The zero-order chi connectivity index (χ0) is 97.5. The van der Waals surface area contributed by atoms with E-state index in [1.807, 2.05) is 49.4 Å². The zero-order valence-corrected chi connectivity index (χ0v) is 80.8. The Morgan fingerprint density at radius 3 is 2.17 bits per heavy atom. The largest absolute Gasteiger partial charge is 0.508 e. The van der Waals surface area contributed by atoms with Crippen molar-refractivity contribution in [3.05, 3.63) is 190 Å². The van der Waals surface area contributed by atoms with Gasteiger partial charge in [0, 0.05) is 93.7 Å². The van der Waals surface area contributed by atoms with Crippen molar-refractivity contribution in [1.29, 1.82) is 0 Å². The van der Waals surface area contributed by atoms with Crippen molar-refractivity contribution in [3.8, 4) is 11.5 Å². The molecule has 3 saturated heterocycles. The molecule has 0 spiro atoms. The van der Waals surface area contributed by atoms with Crippen LogP contribution in [0.2, 0.25) is 5.02 Å². The minimum Gasteiger partial charge on any atom is -0.508 e. The number of nitrogens with two attached hydrogens (primary N) is 2. The number of amides is 12. The van der Waals surface area contributed by atoms with Gasteiger partial charge in [0.15, 0.2) is 11.5 Å². The number of alkyl carbamates (subject to hydrolysis) is 1. The maximum absolute atomic E-state index is 15.6. The number of Topliss-reactive ketones (excluding diaryl/α,β-unsaturated/α-hetero) is 1. The molecule has 134 heavy (non-hydrogen) atoms. The SMILES string of the molecule is COc1cc2cc(c1Cl)N(C)C(=O)C[C@H](OC(=O)[C@H](C)N(C)C(=O)CCSSC(C)(C)[C@H](NC(=O)[C@@H]1CSSC[C@H](NC(=O)[C@@H](Cc3ccccc3)NC(=O)NCc3ccccc3)C(=O)C[C@@H](Cc3ccc(O)cc3)C(=O)N[C@H](CC3=CCc4ccccc43)C(=O)N[C@@H](CCCCN)C(=O)N[C@@H]([C@@H](C)O)C(=O)N1)C(N)=O)[C@]1(C)O[C@H]1[C@H](C)[C@@H]1C[C@@](O)(NC(=O)O1)[C@H](OC)/C=C/C=C(\C)C2. The van der Waals surface area contributed by atoms with Gasteiger partial charge in [-0.2, -0.15) is 0 Å². The number of anilines is 1. The van der Waals surface area contributed by atoms with E-state index in [9.17, 15) is 53.7 Å². The number of esters is 1. The molecule has 0 radical (unpaired) electrons. The number of carbonyl (C=O) groups is 13. The van der Waals surface area contributed by atoms with Crippen LogP contribution in [-0.4, -0.2) is 244 Å². The number of rotatable bonds is 30. The number of nitrogens with one attached hydrogen (secondary N) is 9. The van der Waals surface area contributed by atoms with Crippen LogP contribution < -0.4 is 69.0 Å². The van der Waals surface area contributed by atoms with Gasteiger partial charge in [0.1, 0.15) is 82.7 Å². The van der Waals surface area contributed by atoms with Gasteiger partial charge >= 0.3 is 18.1 Å². The third-order valence-corrected chi connectivity index (χ3v) is 30.5. The fourth-order valence-electron chi connectivity index (χ4n) is 16.3. The summed E-state index contributed by atoms with van der Waals surface area (Å²) in [6.45, 7) is 11.3. The highest BCUT2D eigenvalue weighted by Crippen LogP contribution is 2.50. The fourth-order valence-corrected chi connectivity index (χ4v) is 21.6. The number of urea groups is 1. The number of aromatic hydroxyl groups is 1. The van der Waals surface area contributed by atoms with E-state index in [0.717, 1.165) is 70.3 Å². The van der Waals surface area contributed by atoms with E-state index in [1.165, 1.54) is 59.2 Å². The van der Waals surface area contributed by atoms with E-state index in [1.54, 1.807) is 119 Å². The third-order valence-electron chi connectivity index (χ3n) is 24.4. The van der Waals surface area contributed by atoms with E-state index in [0.29, 0.717) is 41.5 Å². The Balaban J connectivity index is 0.888. The van der Waals surface area contributed by atoms with Crippen molar-refractivity contribution in [2.24, 2.45) is 23.3 Å². The summed E-state index contributed by atoms with van der Waals surface area (Å²) in [5.41, 5.74) is 14.9. The Bertz CT molecular complexity index is 5140. The highest BCUT2D eigenvalue weighted by atomic mass is 35.5. The summed E-state index contributed by atoms with van der Waals surface area (Å²) >= 11 is 6.92. The molecule has 4 bridgehead atoms. The monoisotopic (exact) mass is 1940 g/mol. The number of methoxy groups -OCH3 is 2. The number of hydrogen-bond donors (Lipinski definition) is 14. The molecule has 10 rings (SSSR count). The first kappa shape index (κ1) is 105. The maximum atomic E-state index is 15.6. The van der Waals surface area contributed by atoms with E-state index in [2.05, 4.69) is 47.9 Å². The molecular formula is C95H122ClN13O21S4. The van der Waals surface area contributed by atoms with Crippen LogP contribution in [0.5, 0.6) is 11.5 Å². The number of allylic oxidation sites excluding steroid dienone is 4. The molecule has 0 unspecified atom stereocenters. The molecule has 34 nitrogen and oxygen atoms in total. The summed E-state index contributed by atoms with van der Waals surface area (Å²) in [6.07, 6.45) is -0.243. The number of aliphatic hydroxyl groups excluding tert-OH is 1. The summed E-state index contributed by atoms with van der Waals surface area (Å²) in [6, 6.07) is 21.8. The molecule has 0 saturated carbocycles. The first-order chi connectivity index (χ1) is 63.7. The standard InChI is InChI=1S/C95H122ClN13O21S4/c1-53-23-22-31-75(127-11)95(125)49-74(128-92(124)107-95)54(2)82-94(7,130-82)76(48-78(114)109(9)71-44-60(41-53)45-73(126-10)79(71)96)129-90(122)55(3)108(8)77(113)38-40-131-134-93(5,6)81(83(98)115)106-88(120)70-52-133-132-51-69(102-86(118)67(43-57-24-14-12-15-25-57)104-91(123)99-50-59-26-16-13-17-27-59)72(112)47-63(42-58-32-36-64(111)37-33-58)84(116)101-68(46-62-35-34-61-28-18-19-29-65(61)62)87(119)100-66(30-20-21-39-97)85(117)105-80(56(4)110)89(121)103-70/h12-19,22-29,31-33,35-37,44-45,54-56,63,66-70,74-76,80-82,110-111,125H,20-21,30,34,38-43,46-52,97H2,1-11H3,(H2,98,115)(H,100,119)(H,101,116)(H,102,118)(H,103,121)(H,105,117)(H,106,120)(H,107,124)(H2,99,104,123)/b31-22+,53-23+/t54-,55+,56-,63-,66+,67-,68-,69+,70+,74+,75-,76+,80+,81-,82+,94+,95+/m1/s1. The minimum atomic E-state index is -1.96. The lowest BCUT2D eigenvalue weighted by Gasteiger charge is -2.42. The van der Waals surface area contributed by atoms with Crippen LogP contribution in [0.15, 0.2) is 151 Å². The summed E-state index contributed by atoms with van der Waals surface area (Å²) < 4.78 is 28.5. The summed E-state index contributed by atoms with van der Waals surface area (Å²) in [5, 5.41) is 58.7. The van der Waals surface area contributed by atoms with E-state index < -0.39 is 202 Å². The molecule has 0 aromatic heterocycles. The van der Waals surface area contributed by atoms with Crippen LogP contribution >= 0.6 is 54.8 Å². The van der Waals surface area contributed by atoms with Gasteiger partial charge in [0.05, 0.1) is 37.5 Å². The van der Waals surface area contributed by atoms with Crippen molar-refractivity contribution in [1.82, 2.24) is 52.8 Å². The molecule has 5 aromatic rings. The van der Waals surface area contributed by atoms with Crippen molar-refractivity contribution in [3.63, 3.8) is 0 Å². The van der Waals surface area contributed by atoms with Gasteiger partial charge in [-0.1, -0.05) is 189 Å². The lowest BCUT2D eigenvalue weighted by Crippen LogP contribution is -2.63. The second kappa shape index (κ2) is 48.7. The van der Waals surface area contributed by atoms with Gasteiger partial charge < -0.3 is 103 Å². The van der Waals surface area contributed by atoms with Gasteiger partial charge in [0.2, 0.25) is 53.2 Å². The number of primary amides is 1. The second-order valence-electron chi connectivity index (χ2n) is 34.9. The number of fused-ring (bicyclic) bond motifs is 6. The molecule has 4 heterocycles. The number of benzene rings is 5. The van der Waals surface area contributed by atoms with E-state index in [-0.39, 0.29) is 91.8 Å². The number of phenols is 1. The van der Waals surface area contributed by atoms with Gasteiger partial charge in [-0.05, 0) is 150 Å². The Kier molecular flexibility index (Phi) is 38.3. The lowest BCUT2D eigenvalue weighted by atomic mass is 9.83. The molecule has 12 amide bonds. The topological polar surface area (TPSA) is 499 Å². The molecule has 1 aliphatic carbocycles. The van der Waals surface area contributed by atoms with Crippen LogP contribution in [-0.2, 0) is 104 Å². The molecule has 17 atom stereocenters. The zero-order valence-electron chi connectivity index (χ0n) is 76.8. The number of nitrogens with zero attached hydrogens (tertiary/aromatic N) is 2. The van der Waals surface area contributed by atoms with Crippen molar-refractivity contribution in [2.45, 2.75) is 227 Å². The molecule has 3 fully saturated rings. The highest BCUT2D eigenvalue weighted by molar-refractivity contribution is 8.77. The molecule has 724 valence electrons. The Hall–Kier alpha value is -10.7. The van der Waals surface area contributed by atoms with Gasteiger partial charge in [-0.25, -0.2) is 14.4 Å². The van der Waals surface area contributed by atoms with Crippen LogP contribution in [0.25, 0.3) is 5.57 Å². The summed E-state index contributed by atoms with van der Waals surface area (Å²) in [5.74, 6) is -11.8. The number of aliphatic hydroxyl groups is 2. The number of ketones is 1. The number of ether oxygens (including phenoxy) is 5. The molecule has 39 heteroatoms. The summed E-state index contributed by atoms with van der Waals surface area (Å²) in [7, 11) is 9.75. The molecule has 5 aromatic carbocycles. The molecule has 4 aliphatic heterocycles. The molecular weight excluding hydrogens is 1820 g/mol. The number of carbonyl (C=O) groups excluding carboxylic acids is 13. The van der Waals surface area contributed by atoms with E-state index >= 15 is 24.0 Å². The quantitative estimate of drug-likeness (QED) is 0.00949. The maximum Gasteiger partial charge on any atom is 0.409 e. The predicted molar refractivity (Wildman–Crippen MR) is 513 cm³/mol. The van der Waals surface area contributed by atoms with Crippen LogP contribution in [0.4, 0.5) is 15.3 Å². The normalized spacial score (nSPS) is 25.6. The number of likely N-dealkylation sites (N-methyl/N-ethyl adjacent to an activating group) is 1. The van der Waals surface area contributed by atoms with Gasteiger partial charge in [-0.15, -0.1) is 0 Å². The van der Waals surface area contributed by atoms with Gasteiger partial charge in [-0.3, -0.25) is 53.3 Å². The number of epoxide rings is 1. The average molecular weight is 1950 g/mol. The van der Waals surface area contributed by atoms with Crippen LogP contribution in [0.1, 0.15) is 133 Å². The second-order valence-corrected chi connectivity index (χ2v) is 40.9. The number of halogens is 1. The van der Waals surface area contributed by atoms with Crippen LogP contribution in [0, 0.1) is 11.8 Å². The number of phenolic OH excluding ortho intramolecular Hbond substituents is 1. The Morgan fingerprint density at radius 2 is 1.49 bits per heavy atom. The fraction of sp³-hybridized carbons (Fsp3) is 0.484. The minimum absolute atomic E-state index is 0.0323. The number of unbranched alkanes of at least 4 members (excludes halogenated alkanes) is 1. The Morgan fingerprint density at radius 1 is 0.821 bits per heavy atom. The highest BCUT2D eigenvalue weighted by Gasteiger charge is 2.65. The average Bonchev–Trinajstić information content (AvgIpc) is 1.57. The van der Waals surface area contributed by atoms with Crippen molar-refractivity contribution in [2.75, 3.05) is 57.0 Å². The smallest absolute Gasteiger partial charge is 0.409 e. The molecule has 5 aliphatic rings. The van der Waals surface area contributed by atoms with Crippen molar-refractivity contribution < 1.29 is 101 Å². The van der Waals surface area contributed by atoms with Crippen LogP contribution in [0.3, 0.4) is 0 Å². The van der Waals surface area contributed by atoms with Crippen molar-refractivity contribution >= 4 is 143 Å². The first-order valence-electron chi connectivity index (χ1n) is 44.3. The third kappa shape index (κ3) is 28.7. The van der Waals surface area contributed by atoms with E-state index in [4.69, 9.17) is 46.8 Å². The Labute approximate surface area is 800 Å². The molecule has 16 N–H and O–H groups in total. The number of hydrogen-bond acceptors (Lipinski definition) is 26.